The summed E-state index contributed by atoms with van der Waals surface area (Å²) in [6.07, 6.45) is 0.535. The van der Waals surface area contributed by atoms with Crippen LogP contribution in [0.4, 0.5) is 4.79 Å². The maximum atomic E-state index is 11.8. The van der Waals surface area contributed by atoms with E-state index >= 15 is 0 Å². The van der Waals surface area contributed by atoms with Crippen LogP contribution in [0.3, 0.4) is 0 Å². The highest BCUT2D eigenvalue weighted by Gasteiger charge is 2.23. The molecule has 0 radical (unpaired) electrons. The third-order valence-electron chi connectivity index (χ3n) is 4.48. The summed E-state index contributed by atoms with van der Waals surface area (Å²) >= 11 is 0. The van der Waals surface area contributed by atoms with Crippen LogP contribution in [-0.4, -0.2) is 82.5 Å². The maximum Gasteiger partial charge on any atom is 0.409 e. The van der Waals surface area contributed by atoms with E-state index in [-0.39, 0.29) is 30.1 Å². The zero-order valence-electron chi connectivity index (χ0n) is 17.1. The Bertz CT molecular complexity index is 649. The molecule has 158 valence electrons. The Labute approximate surface area is 184 Å². The topological polar surface area (TPSA) is 75.6 Å². The third kappa shape index (κ3) is 6.61. The average molecular weight is 506 g/mol. The Kier molecular flexibility index (Phi) is 10.8. The molecule has 1 aromatic rings. The van der Waals surface area contributed by atoms with Crippen molar-refractivity contribution in [2.75, 3.05) is 60.6 Å². The smallest absolute Gasteiger partial charge is 0.409 e. The largest absolute Gasteiger partial charge is 0.497 e. The summed E-state index contributed by atoms with van der Waals surface area (Å²) in [6, 6.07) is 5.79. The number of nitrogens with zero attached hydrogens (tertiary/aromatic N) is 3. The van der Waals surface area contributed by atoms with Crippen molar-refractivity contribution in [2.24, 2.45) is 4.99 Å². The number of halogens is 1. The first-order valence-electron chi connectivity index (χ1n) is 9.21. The van der Waals surface area contributed by atoms with Gasteiger partial charge in [-0.05, 0) is 37.1 Å². The van der Waals surface area contributed by atoms with Crippen LogP contribution in [0.2, 0.25) is 0 Å². The Hall–Kier alpha value is -1.91. The Morgan fingerprint density at radius 1 is 1.14 bits per heavy atom. The number of benzene rings is 1. The Balaban J connectivity index is 0.00000392. The molecule has 0 bridgehead atoms. The van der Waals surface area contributed by atoms with E-state index in [0.717, 1.165) is 42.5 Å². The van der Waals surface area contributed by atoms with Gasteiger partial charge in [-0.2, -0.15) is 0 Å². The van der Waals surface area contributed by atoms with Crippen molar-refractivity contribution in [3.05, 3.63) is 23.8 Å². The Morgan fingerprint density at radius 2 is 1.82 bits per heavy atom. The van der Waals surface area contributed by atoms with Gasteiger partial charge in [-0.3, -0.25) is 4.99 Å². The van der Waals surface area contributed by atoms with Gasteiger partial charge in [0.15, 0.2) is 5.96 Å². The fraction of sp³-hybridized carbons (Fsp3) is 0.579. The number of methoxy groups -OCH3 is 2. The van der Waals surface area contributed by atoms with Crippen molar-refractivity contribution in [3.63, 3.8) is 0 Å². The van der Waals surface area contributed by atoms with Gasteiger partial charge in [-0.1, -0.05) is 0 Å². The number of carbonyl (C=O) groups excluding carboxylic acids is 1. The van der Waals surface area contributed by atoms with E-state index in [4.69, 9.17) is 14.2 Å². The lowest BCUT2D eigenvalue weighted by Gasteiger charge is -2.35. The van der Waals surface area contributed by atoms with Crippen LogP contribution in [0.25, 0.3) is 0 Å². The van der Waals surface area contributed by atoms with E-state index < -0.39 is 0 Å². The molecule has 9 heteroatoms. The van der Waals surface area contributed by atoms with Gasteiger partial charge in [-0.15, -0.1) is 24.0 Å². The summed E-state index contributed by atoms with van der Waals surface area (Å²) in [5.74, 6) is 2.49. The molecular formula is C19H31IN4O4. The molecule has 1 heterocycles. The van der Waals surface area contributed by atoms with Crippen LogP contribution in [0.1, 0.15) is 12.5 Å². The maximum absolute atomic E-state index is 11.8. The van der Waals surface area contributed by atoms with Crippen molar-refractivity contribution in [1.29, 1.82) is 0 Å². The average Bonchev–Trinajstić information content (AvgIpc) is 2.71. The lowest BCUT2D eigenvalue weighted by molar-refractivity contribution is 0.0915. The van der Waals surface area contributed by atoms with Gasteiger partial charge in [-0.25, -0.2) is 4.79 Å². The lowest BCUT2D eigenvalue weighted by Crippen LogP contribution is -2.54. The Morgan fingerprint density at radius 3 is 2.39 bits per heavy atom. The van der Waals surface area contributed by atoms with Gasteiger partial charge < -0.3 is 29.3 Å². The van der Waals surface area contributed by atoms with Crippen molar-refractivity contribution >= 4 is 36.0 Å². The van der Waals surface area contributed by atoms with E-state index in [0.29, 0.717) is 26.2 Å². The van der Waals surface area contributed by atoms with E-state index in [9.17, 15) is 4.79 Å². The fourth-order valence-corrected chi connectivity index (χ4v) is 3.03. The molecule has 1 aromatic carbocycles. The molecule has 0 unspecified atom stereocenters. The molecule has 0 aromatic heterocycles. The number of ether oxygens (including phenoxy) is 3. The van der Waals surface area contributed by atoms with Crippen LogP contribution in [0.15, 0.2) is 23.2 Å². The summed E-state index contributed by atoms with van der Waals surface area (Å²) in [5.41, 5.74) is 1.08. The quantitative estimate of drug-likeness (QED) is 0.363. The van der Waals surface area contributed by atoms with Gasteiger partial charge in [0, 0.05) is 39.8 Å². The molecule has 1 saturated heterocycles. The molecule has 1 aliphatic rings. The molecule has 2 rings (SSSR count). The van der Waals surface area contributed by atoms with Crippen molar-refractivity contribution in [3.8, 4) is 11.5 Å². The van der Waals surface area contributed by atoms with E-state index in [1.54, 1.807) is 26.2 Å². The van der Waals surface area contributed by atoms with Gasteiger partial charge in [0.25, 0.3) is 0 Å². The summed E-state index contributed by atoms with van der Waals surface area (Å²) < 4.78 is 15.8. The molecule has 1 aliphatic heterocycles. The highest BCUT2D eigenvalue weighted by molar-refractivity contribution is 14.0. The van der Waals surface area contributed by atoms with Gasteiger partial charge in [0.05, 0.1) is 20.8 Å². The second-order valence-corrected chi connectivity index (χ2v) is 6.07. The number of piperazine rings is 1. The SMILES string of the molecule is CCOC(=O)N1CCN(C(=NC)NCCc2cc(OC)ccc2OC)CC1.I. The highest BCUT2D eigenvalue weighted by Crippen LogP contribution is 2.24. The monoisotopic (exact) mass is 506 g/mol. The van der Waals surface area contributed by atoms with Gasteiger partial charge in [0.2, 0.25) is 0 Å². The normalized spacial score (nSPS) is 14.2. The van der Waals surface area contributed by atoms with E-state index in [1.165, 1.54) is 0 Å². The van der Waals surface area contributed by atoms with Crippen molar-refractivity contribution in [1.82, 2.24) is 15.1 Å². The minimum Gasteiger partial charge on any atom is -0.497 e. The van der Waals surface area contributed by atoms with E-state index in [2.05, 4.69) is 15.2 Å². The second kappa shape index (κ2) is 12.5. The van der Waals surface area contributed by atoms with Gasteiger partial charge >= 0.3 is 6.09 Å². The molecule has 1 fully saturated rings. The van der Waals surface area contributed by atoms with Crippen LogP contribution < -0.4 is 14.8 Å². The summed E-state index contributed by atoms with van der Waals surface area (Å²) in [6.45, 7) is 5.63. The van der Waals surface area contributed by atoms with Crippen LogP contribution in [-0.2, 0) is 11.2 Å². The number of aliphatic imine (C=N–C) groups is 1. The molecule has 0 aliphatic carbocycles. The summed E-state index contributed by atoms with van der Waals surface area (Å²) in [4.78, 5) is 20.1. The van der Waals surface area contributed by atoms with Crippen LogP contribution in [0.5, 0.6) is 11.5 Å². The number of nitrogens with one attached hydrogen (secondary N) is 1. The minimum absolute atomic E-state index is 0. The molecule has 28 heavy (non-hydrogen) atoms. The lowest BCUT2D eigenvalue weighted by atomic mass is 10.1. The molecule has 0 spiro atoms. The molecule has 0 atom stereocenters. The fourth-order valence-electron chi connectivity index (χ4n) is 3.03. The zero-order chi connectivity index (χ0) is 19.6. The number of guanidine groups is 1. The summed E-state index contributed by atoms with van der Waals surface area (Å²) in [5, 5.41) is 3.39. The first-order chi connectivity index (χ1) is 13.1. The number of carbonyl (C=O) groups is 1. The number of rotatable bonds is 6. The molecule has 8 nitrogen and oxygen atoms in total. The zero-order valence-corrected chi connectivity index (χ0v) is 19.4. The molecule has 1 N–H and O–H groups in total. The highest BCUT2D eigenvalue weighted by atomic mass is 127. The summed E-state index contributed by atoms with van der Waals surface area (Å²) in [7, 11) is 5.09. The van der Waals surface area contributed by atoms with Gasteiger partial charge in [0.1, 0.15) is 11.5 Å². The molecule has 1 amide bonds. The number of hydrogen-bond acceptors (Lipinski definition) is 5. The first-order valence-corrected chi connectivity index (χ1v) is 9.21. The second-order valence-electron chi connectivity index (χ2n) is 6.07. The number of hydrogen-bond donors (Lipinski definition) is 1. The third-order valence-corrected chi connectivity index (χ3v) is 4.48. The first kappa shape index (κ1) is 24.1. The number of amides is 1. The van der Waals surface area contributed by atoms with Crippen molar-refractivity contribution in [2.45, 2.75) is 13.3 Å². The van der Waals surface area contributed by atoms with Crippen LogP contribution >= 0.6 is 24.0 Å². The van der Waals surface area contributed by atoms with Crippen LogP contribution in [0, 0.1) is 0 Å². The predicted octanol–water partition coefficient (Wildman–Crippen LogP) is 2.21. The van der Waals surface area contributed by atoms with Crippen molar-refractivity contribution < 1.29 is 19.0 Å². The molecule has 0 saturated carbocycles. The standard InChI is InChI=1S/C19H30N4O4.HI/c1-5-27-19(24)23-12-10-22(11-13-23)18(20-2)21-9-8-15-14-16(25-3)6-7-17(15)26-4;/h6-7,14H,5,8-13H2,1-4H3,(H,20,21);1H. The predicted molar refractivity (Wildman–Crippen MR) is 120 cm³/mol. The van der Waals surface area contributed by atoms with E-state index in [1.807, 2.05) is 25.1 Å². The molecular weight excluding hydrogens is 475 g/mol. The minimum atomic E-state index is -0.245.